The van der Waals surface area contributed by atoms with Crippen molar-refractivity contribution in [3.63, 3.8) is 0 Å². The third kappa shape index (κ3) is 2.16. The molecule has 0 amide bonds. The van der Waals surface area contributed by atoms with Crippen molar-refractivity contribution in [1.82, 2.24) is 9.88 Å². The van der Waals surface area contributed by atoms with Crippen LogP contribution in [0.2, 0.25) is 0 Å². The third-order valence-electron chi connectivity index (χ3n) is 3.94. The van der Waals surface area contributed by atoms with E-state index in [1.54, 1.807) is 0 Å². The van der Waals surface area contributed by atoms with Crippen LogP contribution in [0.25, 0.3) is 10.9 Å². The number of rotatable bonds is 2. The summed E-state index contributed by atoms with van der Waals surface area (Å²) >= 11 is 0. The average Bonchev–Trinajstić information content (AvgIpc) is 2.71. The van der Waals surface area contributed by atoms with Crippen LogP contribution in [-0.2, 0) is 13.5 Å². The molecule has 1 aromatic heterocycles. The van der Waals surface area contributed by atoms with Crippen LogP contribution in [0.4, 0.5) is 0 Å². The van der Waals surface area contributed by atoms with Crippen LogP contribution in [0.15, 0.2) is 30.5 Å². The first-order chi connectivity index (χ1) is 8.66. The van der Waals surface area contributed by atoms with E-state index in [4.69, 9.17) is 0 Å². The summed E-state index contributed by atoms with van der Waals surface area (Å²) in [5.74, 6) is 0. The van der Waals surface area contributed by atoms with Gasteiger partial charge in [0.2, 0.25) is 0 Å². The fraction of sp³-hybridized carbons (Fsp3) is 0.467. The Morgan fingerprint density at radius 1 is 1.39 bits per heavy atom. The molecule has 2 heterocycles. The molecule has 1 aromatic carbocycles. The Kier molecular flexibility index (Phi) is 2.88. The second-order valence-electron chi connectivity index (χ2n) is 5.50. The lowest BCUT2D eigenvalue weighted by Crippen LogP contribution is -2.47. The number of fused-ring (bicyclic) bond motifs is 1. The molecule has 0 spiro atoms. The maximum absolute atomic E-state index is 10.5. The number of hydrogen-bond acceptors (Lipinski definition) is 2. The molecule has 1 unspecified atom stereocenters. The fourth-order valence-corrected chi connectivity index (χ4v) is 2.90. The number of β-amino-alcohol motifs (C(OH)–C–C–N with tert-alkyl or cyclic N) is 1. The summed E-state index contributed by atoms with van der Waals surface area (Å²) in [5, 5.41) is 15.1. The first kappa shape index (κ1) is 11.8. The summed E-state index contributed by atoms with van der Waals surface area (Å²) in [7, 11) is 2.06. The topological polar surface area (TPSA) is 37.2 Å². The molecule has 1 saturated heterocycles. The van der Waals surface area contributed by atoms with Gasteiger partial charge in [0.05, 0.1) is 5.60 Å². The molecular formula is C15H20N2O. The van der Waals surface area contributed by atoms with Gasteiger partial charge < -0.3 is 15.0 Å². The molecular weight excluding hydrogens is 224 g/mol. The van der Waals surface area contributed by atoms with E-state index in [1.165, 1.54) is 16.5 Å². The van der Waals surface area contributed by atoms with Crippen LogP contribution in [0.5, 0.6) is 0 Å². The quantitative estimate of drug-likeness (QED) is 0.846. The average molecular weight is 244 g/mol. The molecule has 2 N–H and O–H groups in total. The minimum absolute atomic E-state index is 0.572. The second-order valence-corrected chi connectivity index (χ2v) is 5.50. The summed E-state index contributed by atoms with van der Waals surface area (Å²) in [4.78, 5) is 0. The van der Waals surface area contributed by atoms with Crippen molar-refractivity contribution in [2.24, 2.45) is 7.05 Å². The predicted octanol–water partition coefficient (Wildman–Crippen LogP) is 1.84. The maximum atomic E-state index is 10.5. The van der Waals surface area contributed by atoms with Crippen LogP contribution in [0.3, 0.4) is 0 Å². The summed E-state index contributed by atoms with van der Waals surface area (Å²) in [6, 6.07) is 8.59. The number of nitrogens with one attached hydrogen (secondary N) is 1. The SMILES string of the molecule is Cn1ccc2ccc(CC3(O)CCCNC3)cc21. The van der Waals surface area contributed by atoms with Crippen molar-refractivity contribution in [3.8, 4) is 0 Å². The van der Waals surface area contributed by atoms with Gasteiger partial charge in [0, 0.05) is 31.7 Å². The van der Waals surface area contributed by atoms with Crippen LogP contribution in [-0.4, -0.2) is 28.4 Å². The molecule has 3 nitrogen and oxygen atoms in total. The van der Waals surface area contributed by atoms with Gasteiger partial charge in [-0.3, -0.25) is 0 Å². The molecule has 1 atom stereocenters. The smallest absolute Gasteiger partial charge is 0.0812 e. The number of benzene rings is 1. The normalized spacial score (nSPS) is 24.6. The van der Waals surface area contributed by atoms with Crippen molar-refractivity contribution in [2.45, 2.75) is 24.9 Å². The zero-order valence-electron chi connectivity index (χ0n) is 10.8. The Bertz CT molecular complexity index is 553. The molecule has 96 valence electrons. The number of nitrogens with zero attached hydrogens (tertiary/aromatic N) is 1. The molecule has 1 aliphatic heterocycles. The molecule has 18 heavy (non-hydrogen) atoms. The first-order valence-corrected chi connectivity index (χ1v) is 6.63. The highest BCUT2D eigenvalue weighted by molar-refractivity contribution is 5.80. The van der Waals surface area contributed by atoms with Gasteiger partial charge in [-0.15, -0.1) is 0 Å². The summed E-state index contributed by atoms with van der Waals surface area (Å²) < 4.78 is 2.13. The Morgan fingerprint density at radius 2 is 2.28 bits per heavy atom. The Labute approximate surface area is 107 Å². The highest BCUT2D eigenvalue weighted by Gasteiger charge is 2.29. The van der Waals surface area contributed by atoms with Crippen molar-refractivity contribution in [1.29, 1.82) is 0 Å². The van der Waals surface area contributed by atoms with Crippen LogP contribution in [0.1, 0.15) is 18.4 Å². The van der Waals surface area contributed by atoms with Gasteiger partial charge in [0.1, 0.15) is 0 Å². The van der Waals surface area contributed by atoms with Crippen LogP contribution >= 0.6 is 0 Å². The van der Waals surface area contributed by atoms with E-state index in [0.29, 0.717) is 6.54 Å². The van der Waals surface area contributed by atoms with E-state index in [0.717, 1.165) is 25.8 Å². The van der Waals surface area contributed by atoms with Crippen molar-refractivity contribution < 1.29 is 5.11 Å². The number of piperidine rings is 1. The first-order valence-electron chi connectivity index (χ1n) is 6.63. The lowest BCUT2D eigenvalue weighted by atomic mass is 9.87. The van der Waals surface area contributed by atoms with Crippen LogP contribution < -0.4 is 5.32 Å². The molecule has 3 rings (SSSR count). The maximum Gasteiger partial charge on any atom is 0.0812 e. The van der Waals surface area contributed by atoms with Crippen molar-refractivity contribution in [3.05, 3.63) is 36.0 Å². The summed E-state index contributed by atoms with van der Waals surface area (Å²) in [6.07, 6.45) is 4.76. The number of aliphatic hydroxyl groups is 1. The van der Waals surface area contributed by atoms with E-state index in [-0.39, 0.29) is 0 Å². The van der Waals surface area contributed by atoms with E-state index in [9.17, 15) is 5.11 Å². The summed E-state index contributed by atoms with van der Waals surface area (Å²) in [5.41, 5.74) is 1.88. The van der Waals surface area contributed by atoms with Gasteiger partial charge >= 0.3 is 0 Å². The predicted molar refractivity (Wildman–Crippen MR) is 73.7 cm³/mol. The van der Waals surface area contributed by atoms with E-state index in [1.807, 2.05) is 0 Å². The molecule has 2 aromatic rings. The molecule has 1 fully saturated rings. The molecule has 3 heteroatoms. The largest absolute Gasteiger partial charge is 0.388 e. The Balaban J connectivity index is 1.87. The summed E-state index contributed by atoms with van der Waals surface area (Å²) in [6.45, 7) is 1.73. The number of aryl methyl sites for hydroxylation is 1. The minimum Gasteiger partial charge on any atom is -0.388 e. The van der Waals surface area contributed by atoms with Crippen molar-refractivity contribution in [2.75, 3.05) is 13.1 Å². The lowest BCUT2D eigenvalue weighted by Gasteiger charge is -2.32. The number of hydrogen-bond donors (Lipinski definition) is 2. The van der Waals surface area contributed by atoms with Gasteiger partial charge in [-0.25, -0.2) is 0 Å². The second kappa shape index (κ2) is 4.41. The number of aromatic nitrogens is 1. The van der Waals surface area contributed by atoms with E-state index < -0.39 is 5.60 Å². The van der Waals surface area contributed by atoms with Crippen molar-refractivity contribution >= 4 is 10.9 Å². The van der Waals surface area contributed by atoms with Gasteiger partial charge in [0.15, 0.2) is 0 Å². The monoisotopic (exact) mass is 244 g/mol. The van der Waals surface area contributed by atoms with Gasteiger partial charge in [-0.05, 0) is 42.5 Å². The molecule has 1 aliphatic rings. The van der Waals surface area contributed by atoms with Crippen LogP contribution in [0, 0.1) is 0 Å². The molecule has 0 aliphatic carbocycles. The van der Waals surface area contributed by atoms with E-state index >= 15 is 0 Å². The Morgan fingerprint density at radius 3 is 3.06 bits per heavy atom. The standard InChI is InChI=1S/C15H20N2O/c1-17-8-5-13-4-3-12(9-14(13)17)10-15(18)6-2-7-16-11-15/h3-5,8-9,16,18H,2,6-7,10-11H2,1H3. The van der Waals surface area contributed by atoms with Gasteiger partial charge in [0.25, 0.3) is 0 Å². The lowest BCUT2D eigenvalue weighted by molar-refractivity contribution is 0.0170. The van der Waals surface area contributed by atoms with E-state index in [2.05, 4.69) is 47.4 Å². The molecule has 0 bridgehead atoms. The van der Waals surface area contributed by atoms with Gasteiger partial charge in [-0.2, -0.15) is 0 Å². The molecule has 0 saturated carbocycles. The van der Waals surface area contributed by atoms with Gasteiger partial charge in [-0.1, -0.05) is 12.1 Å². The highest BCUT2D eigenvalue weighted by atomic mass is 16.3. The Hall–Kier alpha value is -1.32. The fourth-order valence-electron chi connectivity index (χ4n) is 2.90. The highest BCUT2D eigenvalue weighted by Crippen LogP contribution is 2.24. The zero-order valence-corrected chi connectivity index (χ0v) is 10.8. The molecule has 0 radical (unpaired) electrons. The minimum atomic E-state index is -0.572. The zero-order chi connectivity index (χ0) is 12.6. The third-order valence-corrected chi connectivity index (χ3v) is 3.94.